The van der Waals surface area contributed by atoms with E-state index in [9.17, 15) is 0 Å². The molecule has 0 spiro atoms. The summed E-state index contributed by atoms with van der Waals surface area (Å²) in [5, 5.41) is 6.92. The molecule has 0 atom stereocenters. The van der Waals surface area contributed by atoms with Crippen LogP contribution in [0, 0.1) is 5.41 Å². The van der Waals surface area contributed by atoms with E-state index in [1.165, 1.54) is 11.1 Å². The lowest BCUT2D eigenvalue weighted by molar-refractivity contribution is 0.861. The zero-order valence-electron chi connectivity index (χ0n) is 9.51. The highest BCUT2D eigenvalue weighted by Gasteiger charge is 2.05. The molecule has 0 radical (unpaired) electrons. The number of hydrogen-bond donors (Lipinski definition) is 1. The van der Waals surface area contributed by atoms with Gasteiger partial charge in [0.05, 0.1) is 11.7 Å². The Morgan fingerprint density at radius 1 is 1.20 bits per heavy atom. The summed E-state index contributed by atoms with van der Waals surface area (Å²) in [6.07, 6.45) is 4.39. The molecule has 0 aliphatic carbocycles. The van der Waals surface area contributed by atoms with E-state index < -0.39 is 0 Å². The molecule has 0 aromatic heterocycles. The number of benzene rings is 1. The average molecular weight is 202 g/mol. The van der Waals surface area contributed by atoms with Gasteiger partial charge < -0.3 is 0 Å². The molecule has 0 aliphatic heterocycles. The number of nitrogens with zero attached hydrogens (tertiary/aromatic N) is 1. The van der Waals surface area contributed by atoms with E-state index in [1.807, 2.05) is 12.1 Å². The first-order valence-electron chi connectivity index (χ1n) is 5.56. The second-order valence-electron chi connectivity index (χ2n) is 3.64. The number of aryl methyl sites for hydroxylation is 1. The van der Waals surface area contributed by atoms with Crippen molar-refractivity contribution in [3.63, 3.8) is 0 Å². The van der Waals surface area contributed by atoms with E-state index in [2.05, 4.69) is 30.9 Å². The first-order valence-corrected chi connectivity index (χ1v) is 5.56. The van der Waals surface area contributed by atoms with Crippen molar-refractivity contribution in [3.05, 3.63) is 29.3 Å². The van der Waals surface area contributed by atoms with Gasteiger partial charge >= 0.3 is 0 Å². The third kappa shape index (κ3) is 3.03. The van der Waals surface area contributed by atoms with Crippen LogP contribution < -0.4 is 0 Å². The van der Waals surface area contributed by atoms with Crippen LogP contribution in [0.1, 0.15) is 37.8 Å². The fourth-order valence-corrected chi connectivity index (χ4v) is 1.83. The summed E-state index contributed by atoms with van der Waals surface area (Å²) < 4.78 is 0. The van der Waals surface area contributed by atoms with Crippen LogP contribution in [0.3, 0.4) is 0 Å². The summed E-state index contributed by atoms with van der Waals surface area (Å²) in [5.41, 5.74) is 3.58. The molecule has 2 heteroatoms. The number of rotatable bonds is 5. The molecule has 0 saturated carbocycles. The predicted molar refractivity (Wildman–Crippen MR) is 64.2 cm³/mol. The Labute approximate surface area is 91.6 Å². The molecular weight excluding hydrogens is 184 g/mol. The molecular formula is C13H18N2. The van der Waals surface area contributed by atoms with Gasteiger partial charge in [0, 0.05) is 0 Å². The van der Waals surface area contributed by atoms with Gasteiger partial charge in [-0.1, -0.05) is 38.8 Å². The van der Waals surface area contributed by atoms with Crippen molar-refractivity contribution in [2.75, 3.05) is 0 Å². The van der Waals surface area contributed by atoms with Gasteiger partial charge in [-0.25, -0.2) is 5.41 Å². The predicted octanol–water partition coefficient (Wildman–Crippen LogP) is 3.98. The molecule has 0 saturated heterocycles. The maximum atomic E-state index is 6.92. The van der Waals surface area contributed by atoms with Crippen molar-refractivity contribution < 1.29 is 0 Å². The summed E-state index contributed by atoms with van der Waals surface area (Å²) in [6, 6.07) is 8.27. The van der Waals surface area contributed by atoms with Crippen LogP contribution in [0.15, 0.2) is 23.2 Å². The zero-order chi connectivity index (χ0) is 11.1. The molecule has 80 valence electrons. The Hall–Kier alpha value is -1.40. The molecule has 0 heterocycles. The quantitative estimate of drug-likeness (QED) is 0.701. The Morgan fingerprint density at radius 2 is 1.93 bits per heavy atom. The summed E-state index contributed by atoms with van der Waals surface area (Å²) in [6.45, 7) is 4.35. The maximum absolute atomic E-state index is 6.92. The van der Waals surface area contributed by atoms with Crippen molar-refractivity contribution >= 4 is 11.7 Å². The van der Waals surface area contributed by atoms with Crippen LogP contribution in [0.2, 0.25) is 0 Å². The van der Waals surface area contributed by atoms with Gasteiger partial charge in [-0.3, -0.25) is 0 Å². The molecule has 0 amide bonds. The van der Waals surface area contributed by atoms with Gasteiger partial charge in [0.2, 0.25) is 0 Å². The van der Waals surface area contributed by atoms with Gasteiger partial charge in [0.25, 0.3) is 0 Å². The smallest absolute Gasteiger partial charge is 0.0918 e. The van der Waals surface area contributed by atoms with Crippen LogP contribution in [-0.4, -0.2) is 6.01 Å². The van der Waals surface area contributed by atoms with Gasteiger partial charge in [0.15, 0.2) is 0 Å². The lowest BCUT2D eigenvalue weighted by atomic mass is 9.98. The van der Waals surface area contributed by atoms with Crippen LogP contribution in [0.25, 0.3) is 0 Å². The van der Waals surface area contributed by atoms with E-state index >= 15 is 0 Å². The summed E-state index contributed by atoms with van der Waals surface area (Å²) in [5.74, 6) is 0. The molecule has 2 nitrogen and oxygen atoms in total. The second-order valence-corrected chi connectivity index (χ2v) is 3.64. The fraction of sp³-hybridized carbons (Fsp3) is 0.462. The van der Waals surface area contributed by atoms with E-state index in [4.69, 9.17) is 5.41 Å². The molecule has 0 bridgehead atoms. The van der Waals surface area contributed by atoms with Gasteiger partial charge in [-0.2, -0.15) is 4.99 Å². The largest absolute Gasteiger partial charge is 0.241 e. The second kappa shape index (κ2) is 6.15. The van der Waals surface area contributed by atoms with E-state index in [1.54, 1.807) is 0 Å². The molecule has 0 fully saturated rings. The molecule has 1 rings (SSSR count). The topological polar surface area (TPSA) is 36.2 Å². The van der Waals surface area contributed by atoms with Crippen LogP contribution in [0.5, 0.6) is 0 Å². The molecule has 0 unspecified atom stereocenters. The van der Waals surface area contributed by atoms with E-state index in [0.717, 1.165) is 31.4 Å². The number of aliphatic imine (C=N–C) groups is 1. The Kier molecular flexibility index (Phi) is 4.79. The minimum Gasteiger partial charge on any atom is -0.241 e. The van der Waals surface area contributed by atoms with Crippen molar-refractivity contribution in [2.24, 2.45) is 4.99 Å². The van der Waals surface area contributed by atoms with Gasteiger partial charge in [0.1, 0.15) is 0 Å². The highest BCUT2D eigenvalue weighted by molar-refractivity contribution is 5.57. The lowest BCUT2D eigenvalue weighted by Gasteiger charge is -2.09. The Balaban J connectivity index is 3.14. The fourth-order valence-electron chi connectivity index (χ4n) is 1.83. The van der Waals surface area contributed by atoms with Crippen molar-refractivity contribution in [1.29, 1.82) is 5.41 Å². The normalized spacial score (nSPS) is 9.73. The first-order chi connectivity index (χ1) is 7.33. The minimum atomic E-state index is 0.915. The number of nitrogens with one attached hydrogen (secondary N) is 1. The monoisotopic (exact) mass is 202 g/mol. The number of hydrogen-bond acceptors (Lipinski definition) is 2. The van der Waals surface area contributed by atoms with Gasteiger partial charge in [-0.15, -0.1) is 0 Å². The average Bonchev–Trinajstić information content (AvgIpc) is 2.23. The SMILES string of the molecule is CCCc1cccc(N=C=N)c1CCC. The molecule has 0 aliphatic rings. The highest BCUT2D eigenvalue weighted by Crippen LogP contribution is 2.25. The maximum Gasteiger partial charge on any atom is 0.0918 e. The zero-order valence-corrected chi connectivity index (χ0v) is 9.51. The molecule has 1 aromatic carbocycles. The highest BCUT2D eigenvalue weighted by atomic mass is 14.7. The van der Waals surface area contributed by atoms with Crippen LogP contribution in [-0.2, 0) is 12.8 Å². The Bertz CT molecular complexity index is 363. The summed E-state index contributed by atoms with van der Waals surface area (Å²) >= 11 is 0. The van der Waals surface area contributed by atoms with Gasteiger partial charge in [-0.05, 0) is 30.0 Å². The first kappa shape index (κ1) is 11.7. The standard InChI is InChI=1S/C13H18N2/c1-3-6-11-8-5-9-13(15-10-14)12(11)7-4-2/h5,8-9,14H,3-4,6-7H2,1-2H3. The lowest BCUT2D eigenvalue weighted by Crippen LogP contribution is -1.94. The van der Waals surface area contributed by atoms with E-state index in [-0.39, 0.29) is 0 Å². The van der Waals surface area contributed by atoms with Crippen molar-refractivity contribution in [2.45, 2.75) is 39.5 Å². The Morgan fingerprint density at radius 3 is 2.53 bits per heavy atom. The van der Waals surface area contributed by atoms with Crippen molar-refractivity contribution in [3.8, 4) is 0 Å². The van der Waals surface area contributed by atoms with Crippen LogP contribution >= 0.6 is 0 Å². The van der Waals surface area contributed by atoms with E-state index in [0.29, 0.717) is 0 Å². The molecule has 1 aromatic rings. The molecule has 15 heavy (non-hydrogen) atoms. The summed E-state index contributed by atoms with van der Waals surface area (Å²) in [4.78, 5) is 3.98. The minimum absolute atomic E-state index is 0.915. The molecule has 1 N–H and O–H groups in total. The summed E-state index contributed by atoms with van der Waals surface area (Å²) in [7, 11) is 0. The van der Waals surface area contributed by atoms with Crippen molar-refractivity contribution in [1.82, 2.24) is 0 Å². The third-order valence-corrected chi connectivity index (χ3v) is 2.44. The van der Waals surface area contributed by atoms with Crippen LogP contribution in [0.4, 0.5) is 5.69 Å². The third-order valence-electron chi connectivity index (χ3n) is 2.44.